The lowest BCUT2D eigenvalue weighted by atomic mass is 10.3. The van der Waals surface area contributed by atoms with Crippen molar-refractivity contribution < 1.29 is 9.21 Å². The number of rotatable bonds is 6. The van der Waals surface area contributed by atoms with E-state index in [1.54, 1.807) is 18.4 Å². The Morgan fingerprint density at radius 3 is 2.88 bits per heavy atom. The van der Waals surface area contributed by atoms with Gasteiger partial charge in [0.15, 0.2) is 5.16 Å². The molecule has 1 N–H and O–H groups in total. The Hall–Kier alpha value is -2.25. The lowest BCUT2D eigenvalue weighted by Gasteiger charge is -2.08. The van der Waals surface area contributed by atoms with Crippen molar-refractivity contribution in [3.63, 3.8) is 0 Å². The molecule has 1 amide bonds. The molecule has 0 saturated carbocycles. The second-order valence-electron chi connectivity index (χ2n) is 5.01. The summed E-state index contributed by atoms with van der Waals surface area (Å²) in [7, 11) is 0. The number of anilines is 1. The molecule has 0 atom stereocenters. The van der Waals surface area contributed by atoms with E-state index in [1.165, 1.54) is 11.8 Å². The number of halogens is 1. The summed E-state index contributed by atoms with van der Waals surface area (Å²) in [5.41, 5.74) is 0.595. The number of para-hydroxylation sites is 1. The van der Waals surface area contributed by atoms with Gasteiger partial charge in [-0.05, 0) is 31.2 Å². The number of thioether (sulfide) groups is 1. The van der Waals surface area contributed by atoms with Crippen molar-refractivity contribution in [3.8, 4) is 0 Å². The Morgan fingerprint density at radius 2 is 2.12 bits per heavy atom. The molecule has 0 unspecified atom stereocenters. The molecule has 6 nitrogen and oxygen atoms in total. The van der Waals surface area contributed by atoms with Crippen LogP contribution in [0.25, 0.3) is 0 Å². The number of nitrogens with zero attached hydrogens (tertiary/aromatic N) is 3. The van der Waals surface area contributed by atoms with Gasteiger partial charge in [-0.25, -0.2) is 0 Å². The van der Waals surface area contributed by atoms with Crippen LogP contribution in [0.1, 0.15) is 11.6 Å². The molecule has 24 heavy (non-hydrogen) atoms. The van der Waals surface area contributed by atoms with Crippen LogP contribution in [-0.4, -0.2) is 26.4 Å². The summed E-state index contributed by atoms with van der Waals surface area (Å²) < 4.78 is 7.26. The number of hydrogen-bond acceptors (Lipinski definition) is 5. The number of carbonyl (C=O) groups excluding carboxylic acids is 1. The highest BCUT2D eigenvalue weighted by atomic mass is 35.5. The molecule has 0 fully saturated rings. The van der Waals surface area contributed by atoms with Crippen LogP contribution in [0.2, 0.25) is 5.02 Å². The minimum absolute atomic E-state index is 0.154. The predicted octanol–water partition coefficient (Wildman–Crippen LogP) is 3.61. The number of carbonyl (C=O) groups is 1. The number of nitrogens with one attached hydrogen (secondary N) is 1. The minimum Gasteiger partial charge on any atom is -0.467 e. The molecule has 3 rings (SSSR count). The number of furan rings is 1. The Bertz CT molecular complexity index is 832. The third kappa shape index (κ3) is 3.98. The van der Waals surface area contributed by atoms with E-state index >= 15 is 0 Å². The molecule has 0 aliphatic heterocycles. The number of aryl methyl sites for hydroxylation is 1. The molecular formula is C16H15ClN4O2S. The summed E-state index contributed by atoms with van der Waals surface area (Å²) in [4.78, 5) is 12.1. The van der Waals surface area contributed by atoms with Crippen molar-refractivity contribution in [1.82, 2.24) is 14.8 Å². The van der Waals surface area contributed by atoms with Gasteiger partial charge in [0.2, 0.25) is 5.91 Å². The number of aromatic nitrogens is 3. The van der Waals surface area contributed by atoms with Crippen molar-refractivity contribution in [1.29, 1.82) is 0 Å². The van der Waals surface area contributed by atoms with Crippen LogP contribution in [-0.2, 0) is 11.3 Å². The zero-order valence-electron chi connectivity index (χ0n) is 12.9. The van der Waals surface area contributed by atoms with E-state index in [-0.39, 0.29) is 11.7 Å². The van der Waals surface area contributed by atoms with Gasteiger partial charge < -0.3 is 9.73 Å². The van der Waals surface area contributed by atoms with Crippen LogP contribution in [0.4, 0.5) is 5.69 Å². The van der Waals surface area contributed by atoms with Gasteiger partial charge >= 0.3 is 0 Å². The lowest BCUT2D eigenvalue weighted by molar-refractivity contribution is -0.113. The van der Waals surface area contributed by atoms with Gasteiger partial charge in [0, 0.05) is 0 Å². The second-order valence-corrected chi connectivity index (χ2v) is 6.36. The summed E-state index contributed by atoms with van der Waals surface area (Å²) in [5.74, 6) is 1.63. The lowest BCUT2D eigenvalue weighted by Crippen LogP contribution is -2.15. The Morgan fingerprint density at radius 1 is 1.29 bits per heavy atom. The summed E-state index contributed by atoms with van der Waals surface area (Å²) in [6.45, 7) is 2.39. The van der Waals surface area contributed by atoms with Gasteiger partial charge in [-0.1, -0.05) is 35.5 Å². The minimum atomic E-state index is -0.154. The highest BCUT2D eigenvalue weighted by Crippen LogP contribution is 2.22. The van der Waals surface area contributed by atoms with Gasteiger partial charge in [0.1, 0.15) is 11.6 Å². The van der Waals surface area contributed by atoms with Crippen LogP contribution in [0.3, 0.4) is 0 Å². The maximum absolute atomic E-state index is 12.1. The number of amides is 1. The zero-order chi connectivity index (χ0) is 16.9. The standard InChI is InChI=1S/C16H15ClN4O2S/c1-11-19-20-16(21(11)9-12-5-4-8-23-12)24-10-15(22)18-14-7-3-2-6-13(14)17/h2-8H,9-10H2,1H3,(H,18,22). The van der Waals surface area contributed by atoms with Crippen LogP contribution in [0.5, 0.6) is 0 Å². The van der Waals surface area contributed by atoms with Crippen LogP contribution in [0, 0.1) is 6.92 Å². The largest absolute Gasteiger partial charge is 0.467 e. The fourth-order valence-corrected chi connectivity index (χ4v) is 3.05. The van der Waals surface area contributed by atoms with Crippen molar-refractivity contribution in [3.05, 3.63) is 59.3 Å². The van der Waals surface area contributed by atoms with E-state index in [1.807, 2.05) is 35.8 Å². The maximum atomic E-state index is 12.1. The van der Waals surface area contributed by atoms with Crippen LogP contribution < -0.4 is 5.32 Å². The van der Waals surface area contributed by atoms with Crippen molar-refractivity contribution in [2.75, 3.05) is 11.1 Å². The molecule has 0 aliphatic rings. The average molecular weight is 363 g/mol. The van der Waals surface area contributed by atoms with E-state index in [4.69, 9.17) is 16.0 Å². The molecule has 0 radical (unpaired) electrons. The van der Waals surface area contributed by atoms with E-state index in [0.717, 1.165) is 11.6 Å². The molecule has 0 aliphatic carbocycles. The normalized spacial score (nSPS) is 10.8. The molecule has 2 heterocycles. The van der Waals surface area contributed by atoms with Gasteiger partial charge in [0.25, 0.3) is 0 Å². The molecule has 0 spiro atoms. The maximum Gasteiger partial charge on any atom is 0.234 e. The Kier molecular flexibility index (Phi) is 5.22. The highest BCUT2D eigenvalue weighted by molar-refractivity contribution is 7.99. The molecule has 8 heteroatoms. The molecule has 1 aromatic carbocycles. The fraction of sp³-hybridized carbons (Fsp3) is 0.188. The molecular weight excluding hydrogens is 348 g/mol. The monoisotopic (exact) mass is 362 g/mol. The second kappa shape index (κ2) is 7.55. The number of hydrogen-bond donors (Lipinski definition) is 1. The first kappa shape index (κ1) is 16.6. The van der Waals surface area contributed by atoms with Gasteiger partial charge in [0.05, 0.1) is 29.3 Å². The zero-order valence-corrected chi connectivity index (χ0v) is 14.5. The first-order valence-electron chi connectivity index (χ1n) is 7.23. The van der Waals surface area contributed by atoms with E-state index in [0.29, 0.717) is 22.4 Å². The quantitative estimate of drug-likeness (QED) is 0.678. The summed E-state index contributed by atoms with van der Waals surface area (Å²) in [6, 6.07) is 10.8. The van der Waals surface area contributed by atoms with Crippen molar-refractivity contribution in [2.24, 2.45) is 0 Å². The van der Waals surface area contributed by atoms with E-state index < -0.39 is 0 Å². The smallest absolute Gasteiger partial charge is 0.234 e. The number of benzene rings is 1. The third-order valence-electron chi connectivity index (χ3n) is 3.28. The summed E-state index contributed by atoms with van der Waals surface area (Å²) >= 11 is 7.35. The van der Waals surface area contributed by atoms with Gasteiger partial charge in [-0.3, -0.25) is 9.36 Å². The summed E-state index contributed by atoms with van der Waals surface area (Å²) in [6.07, 6.45) is 1.62. The van der Waals surface area contributed by atoms with Crippen LogP contribution >= 0.6 is 23.4 Å². The topological polar surface area (TPSA) is 73.0 Å². The molecule has 124 valence electrons. The average Bonchev–Trinajstić information content (AvgIpc) is 3.19. The van der Waals surface area contributed by atoms with Gasteiger partial charge in [-0.15, -0.1) is 10.2 Å². The first-order valence-corrected chi connectivity index (χ1v) is 8.59. The highest BCUT2D eigenvalue weighted by Gasteiger charge is 2.13. The Labute approximate surface area is 148 Å². The first-order chi connectivity index (χ1) is 11.6. The van der Waals surface area contributed by atoms with Crippen molar-refractivity contribution in [2.45, 2.75) is 18.6 Å². The molecule has 0 saturated heterocycles. The molecule has 2 aromatic heterocycles. The van der Waals surface area contributed by atoms with Crippen LogP contribution in [0.15, 0.2) is 52.2 Å². The molecule has 3 aromatic rings. The van der Waals surface area contributed by atoms with Crippen molar-refractivity contribution >= 4 is 35.0 Å². The Balaban J connectivity index is 1.62. The van der Waals surface area contributed by atoms with E-state index in [2.05, 4.69) is 15.5 Å². The van der Waals surface area contributed by atoms with Gasteiger partial charge in [-0.2, -0.15) is 0 Å². The summed E-state index contributed by atoms with van der Waals surface area (Å²) in [5, 5.41) is 12.1. The predicted molar refractivity (Wildman–Crippen MR) is 93.4 cm³/mol. The fourth-order valence-electron chi connectivity index (χ4n) is 2.09. The third-order valence-corrected chi connectivity index (χ3v) is 4.57. The SMILES string of the molecule is Cc1nnc(SCC(=O)Nc2ccccc2Cl)n1Cc1ccco1. The molecule has 0 bridgehead atoms. The van der Waals surface area contributed by atoms with E-state index in [9.17, 15) is 4.79 Å².